The summed E-state index contributed by atoms with van der Waals surface area (Å²) >= 11 is 0. The fourth-order valence-corrected chi connectivity index (χ4v) is 6.11. The first-order valence-corrected chi connectivity index (χ1v) is 16.5. The molecule has 0 atom stereocenters. The summed E-state index contributed by atoms with van der Waals surface area (Å²) < 4.78 is 2.41. The molecule has 0 aromatic heterocycles. The van der Waals surface area contributed by atoms with Crippen LogP contribution in [0.3, 0.4) is 0 Å². The van der Waals surface area contributed by atoms with Crippen molar-refractivity contribution < 1.29 is 4.58 Å². The zero-order valence-electron chi connectivity index (χ0n) is 24.3. The molecule has 0 aromatic rings. The van der Waals surface area contributed by atoms with Gasteiger partial charge in [-0.05, 0) is 37.7 Å². The van der Waals surface area contributed by atoms with Crippen LogP contribution in [0.25, 0.3) is 0 Å². The Hall–Kier alpha value is -1.53. The van der Waals surface area contributed by atoms with E-state index in [1.165, 1.54) is 166 Å². The molecule has 0 aliphatic carbocycles. The van der Waals surface area contributed by atoms with Crippen molar-refractivity contribution in [3.8, 4) is 0 Å². The van der Waals surface area contributed by atoms with E-state index in [2.05, 4.69) is 39.8 Å². The molecule has 0 saturated carbocycles. The molecular weight excluding hydrogens is 448 g/mol. The fourth-order valence-electron chi connectivity index (χ4n) is 6.11. The Balaban J connectivity index is 1.32. The molecule has 2 heteroatoms. The molecule has 3 heterocycles. The Morgan fingerprint density at radius 1 is 0.622 bits per heavy atom. The van der Waals surface area contributed by atoms with Gasteiger partial charge in [-0.3, -0.25) is 4.58 Å². The van der Waals surface area contributed by atoms with E-state index in [-0.39, 0.29) is 0 Å². The summed E-state index contributed by atoms with van der Waals surface area (Å²) in [4.78, 5) is 2.56. The van der Waals surface area contributed by atoms with E-state index < -0.39 is 0 Å². The maximum atomic E-state index is 3.48. The third-order valence-electron chi connectivity index (χ3n) is 8.49. The highest BCUT2D eigenvalue weighted by molar-refractivity contribution is 5.49. The zero-order valence-corrected chi connectivity index (χ0v) is 24.3. The third-order valence-corrected chi connectivity index (χ3v) is 8.49. The minimum atomic E-state index is 1.07. The average molecular weight is 507 g/mol. The van der Waals surface area contributed by atoms with Gasteiger partial charge < -0.3 is 4.90 Å². The van der Waals surface area contributed by atoms with Gasteiger partial charge in [-0.15, -0.1) is 6.08 Å². The molecule has 3 rings (SSSR count). The highest BCUT2D eigenvalue weighted by Gasteiger charge is 2.07. The summed E-state index contributed by atoms with van der Waals surface area (Å²) in [5, 5.41) is 0. The summed E-state index contributed by atoms with van der Waals surface area (Å²) in [6.45, 7) is 4.60. The van der Waals surface area contributed by atoms with Crippen LogP contribution in [0.5, 0.6) is 0 Å². The number of hydrogen-bond donors (Lipinski definition) is 0. The van der Waals surface area contributed by atoms with Crippen LogP contribution < -0.4 is 0 Å². The maximum Gasteiger partial charge on any atom is 0.138 e. The lowest BCUT2D eigenvalue weighted by atomic mass is 10.0. The van der Waals surface area contributed by atoms with E-state index in [1.807, 2.05) is 6.08 Å². The van der Waals surface area contributed by atoms with Crippen molar-refractivity contribution in [2.24, 2.45) is 0 Å². The van der Waals surface area contributed by atoms with Gasteiger partial charge in [-0.25, -0.2) is 6.08 Å². The molecule has 3 aliphatic rings. The van der Waals surface area contributed by atoms with E-state index in [9.17, 15) is 0 Å². The van der Waals surface area contributed by atoms with Gasteiger partial charge >= 0.3 is 0 Å². The molecule has 0 aromatic carbocycles. The van der Waals surface area contributed by atoms with Gasteiger partial charge in [-0.1, -0.05) is 133 Å². The maximum absolute atomic E-state index is 3.48. The van der Waals surface area contributed by atoms with Crippen molar-refractivity contribution in [2.75, 3.05) is 26.2 Å². The van der Waals surface area contributed by atoms with Crippen molar-refractivity contribution in [1.82, 2.24) is 4.90 Å². The van der Waals surface area contributed by atoms with Gasteiger partial charge in [-0.2, -0.15) is 0 Å². The number of nitrogens with zero attached hydrogens (tertiary/aromatic N) is 2. The first-order valence-electron chi connectivity index (χ1n) is 16.5. The quantitative estimate of drug-likeness (QED) is 0.234. The Bertz CT molecular complexity index is 749. The monoisotopic (exact) mass is 506 g/mol. The first kappa shape index (κ1) is 30.0. The molecule has 0 fully saturated rings. The molecule has 0 amide bonds. The second-order valence-electron chi connectivity index (χ2n) is 12.0. The van der Waals surface area contributed by atoms with Crippen molar-refractivity contribution in [3.63, 3.8) is 0 Å². The van der Waals surface area contributed by atoms with Crippen LogP contribution in [0.4, 0.5) is 0 Å². The van der Waals surface area contributed by atoms with Crippen LogP contribution in [0.2, 0.25) is 0 Å². The highest BCUT2D eigenvalue weighted by Crippen LogP contribution is 2.19. The summed E-state index contributed by atoms with van der Waals surface area (Å²) in [6.07, 6.45) is 44.8. The number of rotatable bonds is 0. The smallest absolute Gasteiger partial charge is 0.138 e. The molecule has 0 unspecified atom stereocenters. The molecule has 0 saturated heterocycles. The molecule has 0 N–H and O–H groups in total. The Morgan fingerprint density at radius 3 is 1.81 bits per heavy atom. The lowest BCUT2D eigenvalue weighted by Gasteiger charge is -2.23. The molecule has 0 spiro atoms. The minimum absolute atomic E-state index is 1.07. The second-order valence-corrected chi connectivity index (χ2v) is 12.0. The topological polar surface area (TPSA) is 6.25 Å². The van der Waals surface area contributed by atoms with Gasteiger partial charge in [0.05, 0.1) is 0 Å². The van der Waals surface area contributed by atoms with E-state index in [0.717, 1.165) is 13.1 Å². The van der Waals surface area contributed by atoms with Crippen molar-refractivity contribution in [3.05, 3.63) is 41.7 Å². The number of allylic oxidation sites excluding steroid dienone is 4. The first-order chi connectivity index (χ1) is 18.4. The van der Waals surface area contributed by atoms with E-state index in [1.54, 1.807) is 5.57 Å². The molecule has 37 heavy (non-hydrogen) atoms. The van der Waals surface area contributed by atoms with Gasteiger partial charge in [0.25, 0.3) is 0 Å². The van der Waals surface area contributed by atoms with Gasteiger partial charge in [0.15, 0.2) is 0 Å². The van der Waals surface area contributed by atoms with Crippen molar-refractivity contribution in [2.45, 2.75) is 148 Å². The fraction of sp³-hybridized carbons (Fsp3) is 0.771. The van der Waals surface area contributed by atoms with Crippen LogP contribution in [-0.4, -0.2) is 41.5 Å². The van der Waals surface area contributed by atoms with Crippen molar-refractivity contribution >= 4 is 5.87 Å². The molecule has 4 bridgehead atoms. The Kier molecular flexibility index (Phi) is 16.6. The van der Waals surface area contributed by atoms with E-state index in [4.69, 9.17) is 0 Å². The average Bonchev–Trinajstić information content (AvgIpc) is 2.92. The van der Waals surface area contributed by atoms with Crippen LogP contribution in [0.1, 0.15) is 148 Å². The van der Waals surface area contributed by atoms with Crippen LogP contribution in [0, 0.1) is 6.08 Å². The van der Waals surface area contributed by atoms with Gasteiger partial charge in [0, 0.05) is 25.7 Å². The summed E-state index contributed by atoms with van der Waals surface area (Å²) in [7, 11) is 0. The predicted octanol–water partition coefficient (Wildman–Crippen LogP) is 9.71. The predicted molar refractivity (Wildman–Crippen MR) is 161 cm³/mol. The lowest BCUT2D eigenvalue weighted by molar-refractivity contribution is -0.514. The standard InChI is InChI=1S/C35H58N2/c1-2-4-8-12-16-20-28-36-30-23-27-35(33-36)25-19-15-11-7-5-9-13-17-21-29-37-31-22-26-34(32-37)24-18-14-10-6-3-1/h22-23,27,33H,1-21,24-25,28-30,32H2. The summed E-state index contributed by atoms with van der Waals surface area (Å²) in [6, 6.07) is 0. The van der Waals surface area contributed by atoms with Crippen LogP contribution >= 0.6 is 0 Å². The van der Waals surface area contributed by atoms with Gasteiger partial charge in [0.2, 0.25) is 0 Å². The summed E-state index contributed by atoms with van der Waals surface area (Å²) in [5.41, 5.74) is 3.06. The van der Waals surface area contributed by atoms with Crippen LogP contribution in [-0.2, 0) is 0 Å². The summed E-state index contributed by atoms with van der Waals surface area (Å²) in [5.74, 6) is 3.42. The van der Waals surface area contributed by atoms with E-state index >= 15 is 0 Å². The highest BCUT2D eigenvalue weighted by atomic mass is 15.1. The third kappa shape index (κ3) is 14.8. The van der Waals surface area contributed by atoms with Crippen molar-refractivity contribution in [1.29, 1.82) is 0 Å². The molecule has 3 aliphatic heterocycles. The van der Waals surface area contributed by atoms with Crippen LogP contribution in [0.15, 0.2) is 35.6 Å². The Labute approximate surface area is 230 Å². The molecule has 0 radical (unpaired) electrons. The van der Waals surface area contributed by atoms with E-state index in [0.29, 0.717) is 0 Å². The zero-order chi connectivity index (χ0) is 25.6. The largest absolute Gasteiger partial charge is 0.373 e. The number of hydrogen-bond acceptors (Lipinski definition) is 1. The van der Waals surface area contributed by atoms with Gasteiger partial charge in [0.1, 0.15) is 13.1 Å². The molecule has 2 nitrogen and oxygen atoms in total. The normalized spacial score (nSPS) is 23.8. The minimum Gasteiger partial charge on any atom is -0.373 e. The Morgan fingerprint density at radius 2 is 1.16 bits per heavy atom. The SMILES string of the molecule is C1=C[C-]=C2CCCCCCCCCCCCCCN3C=C(C=CC3)CCCCCCCCCCC[N+]=1C2. The number of fused-ring (bicyclic) bond motifs is 3. The second kappa shape index (κ2) is 20.4. The molecule has 208 valence electrons. The lowest BCUT2D eigenvalue weighted by Crippen LogP contribution is -2.21. The molecular formula is C35H58N2.